The van der Waals surface area contributed by atoms with Crippen molar-refractivity contribution in [2.24, 2.45) is 0 Å². The molecule has 5 nitrogen and oxygen atoms in total. The average molecular weight is 231 g/mol. The molecule has 0 aliphatic carbocycles. The zero-order chi connectivity index (χ0) is 11.7. The van der Waals surface area contributed by atoms with Crippen LogP contribution < -0.4 is 10.1 Å². The van der Waals surface area contributed by atoms with E-state index in [0.717, 1.165) is 13.1 Å². The molecule has 2 N–H and O–H groups in total. The van der Waals surface area contributed by atoms with Crippen LogP contribution in [0.3, 0.4) is 0 Å². The molecule has 0 radical (unpaired) electrons. The van der Waals surface area contributed by atoms with Gasteiger partial charge >= 0.3 is 0 Å². The van der Waals surface area contributed by atoms with Crippen molar-refractivity contribution in [1.82, 2.24) is 15.1 Å². The van der Waals surface area contributed by atoms with E-state index in [-0.39, 0.29) is 5.75 Å². The van der Waals surface area contributed by atoms with Gasteiger partial charge in [-0.05, 0) is 12.1 Å². The van der Waals surface area contributed by atoms with Gasteiger partial charge in [-0.1, -0.05) is 12.1 Å². The molecule has 17 heavy (non-hydrogen) atoms. The van der Waals surface area contributed by atoms with Gasteiger partial charge in [0.15, 0.2) is 17.2 Å². The van der Waals surface area contributed by atoms with E-state index in [1.165, 1.54) is 0 Å². The molecule has 5 heteroatoms. The number of phenolic OH excluding ortho intramolecular Hbond substituents is 1. The van der Waals surface area contributed by atoms with Gasteiger partial charge in [0.1, 0.15) is 0 Å². The average Bonchev–Trinajstić information content (AvgIpc) is 2.67. The molecule has 1 fully saturated rings. The molecule has 0 spiro atoms. The van der Waals surface area contributed by atoms with Crippen molar-refractivity contribution in [3.05, 3.63) is 36.7 Å². The normalized spacial score (nSPS) is 15.5. The van der Waals surface area contributed by atoms with Gasteiger partial charge in [0.25, 0.3) is 0 Å². The molecule has 0 saturated carbocycles. The first-order chi connectivity index (χ1) is 8.33. The van der Waals surface area contributed by atoms with E-state index < -0.39 is 0 Å². The number of ether oxygens (including phenoxy) is 1. The van der Waals surface area contributed by atoms with Crippen molar-refractivity contribution in [3.8, 4) is 17.2 Å². The van der Waals surface area contributed by atoms with Gasteiger partial charge in [-0.3, -0.25) is 4.68 Å². The van der Waals surface area contributed by atoms with Gasteiger partial charge in [0.05, 0.1) is 18.4 Å². The number of aromatic hydroxyl groups is 1. The van der Waals surface area contributed by atoms with E-state index in [2.05, 4.69) is 10.4 Å². The lowest BCUT2D eigenvalue weighted by atomic mass is 10.2. The fourth-order valence-electron chi connectivity index (χ4n) is 1.70. The summed E-state index contributed by atoms with van der Waals surface area (Å²) in [6.07, 6.45) is 3.50. The van der Waals surface area contributed by atoms with E-state index in [4.69, 9.17) is 4.74 Å². The summed E-state index contributed by atoms with van der Waals surface area (Å²) in [5.74, 6) is 1.21. The molecular formula is C12H13N3O2. The molecule has 0 unspecified atom stereocenters. The molecule has 1 aromatic heterocycles. The van der Waals surface area contributed by atoms with Crippen molar-refractivity contribution in [2.75, 3.05) is 13.1 Å². The molecule has 88 valence electrons. The van der Waals surface area contributed by atoms with Crippen molar-refractivity contribution < 1.29 is 9.84 Å². The van der Waals surface area contributed by atoms with Crippen LogP contribution in [0.1, 0.15) is 6.04 Å². The molecule has 1 aromatic carbocycles. The van der Waals surface area contributed by atoms with Crippen LogP contribution in [0.2, 0.25) is 0 Å². The van der Waals surface area contributed by atoms with Gasteiger partial charge in [0.2, 0.25) is 0 Å². The van der Waals surface area contributed by atoms with Crippen LogP contribution in [-0.4, -0.2) is 28.0 Å². The standard InChI is InChI=1S/C12H13N3O2/c16-11-3-1-2-4-12(11)17-10-7-14-15(8-10)9-5-13-6-9/h1-4,7-9,13,16H,5-6H2. The molecule has 2 aromatic rings. The number of hydrogen-bond acceptors (Lipinski definition) is 4. The van der Waals surface area contributed by atoms with Crippen LogP contribution in [-0.2, 0) is 0 Å². The van der Waals surface area contributed by atoms with E-state index in [1.807, 2.05) is 16.9 Å². The molecule has 0 atom stereocenters. The largest absolute Gasteiger partial charge is 0.504 e. The molecule has 2 heterocycles. The number of benzene rings is 1. The Kier molecular flexibility index (Phi) is 2.45. The van der Waals surface area contributed by atoms with Gasteiger partial charge in [0, 0.05) is 13.1 Å². The topological polar surface area (TPSA) is 59.3 Å². The number of hydrogen-bond donors (Lipinski definition) is 2. The summed E-state index contributed by atoms with van der Waals surface area (Å²) in [7, 11) is 0. The lowest BCUT2D eigenvalue weighted by Crippen LogP contribution is -2.43. The Bertz CT molecular complexity index is 520. The lowest BCUT2D eigenvalue weighted by molar-refractivity contribution is 0.317. The monoisotopic (exact) mass is 231 g/mol. The van der Waals surface area contributed by atoms with Gasteiger partial charge in [-0.25, -0.2) is 0 Å². The molecule has 0 bridgehead atoms. The predicted molar refractivity (Wildman–Crippen MR) is 62.3 cm³/mol. The molecule has 1 aliphatic rings. The second-order valence-electron chi connectivity index (χ2n) is 4.04. The van der Waals surface area contributed by atoms with Crippen molar-refractivity contribution in [3.63, 3.8) is 0 Å². The zero-order valence-corrected chi connectivity index (χ0v) is 9.21. The summed E-state index contributed by atoms with van der Waals surface area (Å²) in [4.78, 5) is 0. The summed E-state index contributed by atoms with van der Waals surface area (Å²) in [6.45, 7) is 1.88. The highest BCUT2D eigenvalue weighted by atomic mass is 16.5. The summed E-state index contributed by atoms with van der Waals surface area (Å²) in [5.41, 5.74) is 0. The third kappa shape index (κ3) is 1.97. The number of nitrogens with one attached hydrogen (secondary N) is 1. The second-order valence-corrected chi connectivity index (χ2v) is 4.04. The third-order valence-corrected chi connectivity index (χ3v) is 2.80. The first-order valence-corrected chi connectivity index (χ1v) is 5.53. The summed E-state index contributed by atoms with van der Waals surface area (Å²) in [6, 6.07) is 7.30. The number of para-hydroxylation sites is 2. The summed E-state index contributed by atoms with van der Waals surface area (Å²) >= 11 is 0. The van der Waals surface area contributed by atoms with Crippen molar-refractivity contribution in [2.45, 2.75) is 6.04 Å². The van der Waals surface area contributed by atoms with Gasteiger partial charge in [-0.15, -0.1) is 0 Å². The first kappa shape index (κ1) is 10.2. The maximum atomic E-state index is 9.58. The lowest BCUT2D eigenvalue weighted by Gasteiger charge is -2.26. The Morgan fingerprint density at radius 1 is 1.35 bits per heavy atom. The highest BCUT2D eigenvalue weighted by Gasteiger charge is 2.19. The molecule has 0 amide bonds. The Hall–Kier alpha value is -2.01. The molecular weight excluding hydrogens is 218 g/mol. The fraction of sp³-hybridized carbons (Fsp3) is 0.250. The Balaban J connectivity index is 1.76. The third-order valence-electron chi connectivity index (χ3n) is 2.80. The quantitative estimate of drug-likeness (QED) is 0.841. The smallest absolute Gasteiger partial charge is 0.169 e. The minimum atomic E-state index is 0.130. The molecule has 1 saturated heterocycles. The number of nitrogens with zero attached hydrogens (tertiary/aromatic N) is 2. The molecule has 3 rings (SSSR count). The summed E-state index contributed by atoms with van der Waals surface area (Å²) in [5, 5.41) is 17.0. The highest BCUT2D eigenvalue weighted by molar-refractivity contribution is 5.40. The van der Waals surface area contributed by atoms with E-state index in [1.54, 1.807) is 24.4 Å². The Morgan fingerprint density at radius 2 is 2.18 bits per heavy atom. The highest BCUT2D eigenvalue weighted by Crippen LogP contribution is 2.30. The number of phenols is 1. The maximum Gasteiger partial charge on any atom is 0.169 e. The van der Waals surface area contributed by atoms with E-state index >= 15 is 0 Å². The maximum absolute atomic E-state index is 9.58. The van der Waals surface area contributed by atoms with Gasteiger partial charge < -0.3 is 15.2 Å². The van der Waals surface area contributed by atoms with Crippen molar-refractivity contribution >= 4 is 0 Å². The van der Waals surface area contributed by atoms with Gasteiger partial charge in [-0.2, -0.15) is 5.10 Å². The first-order valence-electron chi connectivity index (χ1n) is 5.53. The van der Waals surface area contributed by atoms with Crippen LogP contribution in [0.5, 0.6) is 17.2 Å². The van der Waals surface area contributed by atoms with Crippen LogP contribution >= 0.6 is 0 Å². The Morgan fingerprint density at radius 3 is 2.88 bits per heavy atom. The van der Waals surface area contributed by atoms with E-state index in [9.17, 15) is 5.11 Å². The van der Waals surface area contributed by atoms with Crippen LogP contribution in [0.25, 0.3) is 0 Å². The summed E-state index contributed by atoms with van der Waals surface area (Å²) < 4.78 is 7.44. The number of aromatic nitrogens is 2. The van der Waals surface area contributed by atoms with Crippen molar-refractivity contribution in [1.29, 1.82) is 0 Å². The molecule has 1 aliphatic heterocycles. The SMILES string of the molecule is Oc1ccccc1Oc1cnn(C2CNC2)c1. The zero-order valence-electron chi connectivity index (χ0n) is 9.21. The Labute approximate surface area is 98.6 Å². The minimum Gasteiger partial charge on any atom is -0.504 e. The van der Waals surface area contributed by atoms with Crippen LogP contribution in [0.15, 0.2) is 36.7 Å². The van der Waals surface area contributed by atoms with Crippen LogP contribution in [0.4, 0.5) is 0 Å². The van der Waals surface area contributed by atoms with Crippen LogP contribution in [0, 0.1) is 0 Å². The van der Waals surface area contributed by atoms with E-state index in [0.29, 0.717) is 17.5 Å². The minimum absolute atomic E-state index is 0.130. The second kappa shape index (κ2) is 4.10. The predicted octanol–water partition coefficient (Wildman–Crippen LogP) is 1.53. The number of rotatable bonds is 3. The fourth-order valence-corrected chi connectivity index (χ4v) is 1.70.